The molecule has 0 radical (unpaired) electrons. The molecule has 10 heteroatoms. The van der Waals surface area contributed by atoms with E-state index in [4.69, 9.17) is 43.7 Å². The summed E-state index contributed by atoms with van der Waals surface area (Å²) in [5.41, 5.74) is 16.2. The molecule has 0 aromatic heterocycles. The zero-order valence-electron chi connectivity index (χ0n) is 28.1. The van der Waals surface area contributed by atoms with Crippen LogP contribution in [0.25, 0.3) is 0 Å². The Morgan fingerprint density at radius 1 is 0.646 bits per heavy atom. The van der Waals surface area contributed by atoms with E-state index in [-0.39, 0.29) is 13.2 Å². The Kier molecular flexibility index (Phi) is 14.9. The van der Waals surface area contributed by atoms with E-state index in [1.807, 2.05) is 38.1 Å². The Morgan fingerprint density at radius 3 is 1.42 bits per heavy atom. The van der Waals surface area contributed by atoms with E-state index in [1.54, 1.807) is 23.5 Å². The zero-order chi connectivity index (χ0) is 34.7. The molecule has 0 aliphatic rings. The Bertz CT molecular complexity index is 1560. The molecule has 5 nitrogen and oxygen atoms in total. The van der Waals surface area contributed by atoms with Gasteiger partial charge in [0.1, 0.15) is 13.2 Å². The first-order valence-corrected chi connectivity index (χ1v) is 19.7. The van der Waals surface area contributed by atoms with Gasteiger partial charge in [-0.3, -0.25) is 0 Å². The molecule has 0 spiro atoms. The van der Waals surface area contributed by atoms with Gasteiger partial charge in [-0.1, -0.05) is 97.0 Å². The molecule has 2 unspecified atom stereocenters. The lowest BCUT2D eigenvalue weighted by molar-refractivity contribution is 0.158. The zero-order valence-corrected chi connectivity index (χ0v) is 32.2. The smallest absolute Gasteiger partial charge is 0.323 e. The predicted octanol–water partition coefficient (Wildman–Crippen LogP) is 11.1. The minimum absolute atomic E-state index is 0.0749. The summed E-state index contributed by atoms with van der Waals surface area (Å²) in [6.45, 7) is 8.20. The predicted molar refractivity (Wildman–Crippen MR) is 204 cm³/mol. The lowest BCUT2D eigenvalue weighted by Crippen LogP contribution is -2.42. The maximum absolute atomic E-state index is 12.6. The molecule has 0 saturated carbocycles. The number of nitrogens with two attached hydrogens (primary N) is 2. The molecule has 0 aliphatic carbocycles. The first kappa shape index (κ1) is 38.9. The highest BCUT2D eigenvalue weighted by molar-refractivity contribution is 7.99. The van der Waals surface area contributed by atoms with Crippen molar-refractivity contribution in [1.29, 1.82) is 0 Å². The highest BCUT2D eigenvalue weighted by atomic mass is 35.5. The Hall–Kier alpha value is -1.90. The number of rotatable bonds is 18. The molecule has 4 aromatic rings. The van der Waals surface area contributed by atoms with Gasteiger partial charge < -0.3 is 11.5 Å². The molecule has 4 N–H and O–H groups in total. The second kappa shape index (κ2) is 18.4. The van der Waals surface area contributed by atoms with Crippen LogP contribution in [-0.2, 0) is 39.3 Å². The summed E-state index contributed by atoms with van der Waals surface area (Å²) in [7, 11) is -2.38. The minimum atomic E-state index is -2.38. The standard InChI is InChI=1S/C38H46Cl2N2O3PS2/c1-5-27-9-7-11-31(21-27)47-33-15-13-29(35(39)23-33)17-19-37(3,41)25-44-46(43)45-26-38(4,42)20-18-30-14-16-34(24-36(30)40)48-32-12-8-10-28(6-2)22-32/h7-16,21-24H,5-6,17-20,25-26,41-42H2,1-4H3/q+1. The molecule has 4 rings (SSSR count). The van der Waals surface area contributed by atoms with Gasteiger partial charge in [0.05, 0.1) is 0 Å². The highest BCUT2D eigenvalue weighted by Crippen LogP contribution is 2.34. The Balaban J connectivity index is 1.18. The average Bonchev–Trinajstić information content (AvgIpc) is 3.06. The van der Waals surface area contributed by atoms with Gasteiger partial charge in [-0.05, 0) is 123 Å². The summed E-state index contributed by atoms with van der Waals surface area (Å²) in [5.74, 6) is 0. The number of hydrogen-bond donors (Lipinski definition) is 2. The van der Waals surface area contributed by atoms with Crippen molar-refractivity contribution in [3.63, 3.8) is 0 Å². The molecule has 4 aromatic carbocycles. The quantitative estimate of drug-likeness (QED) is 0.0981. The first-order chi connectivity index (χ1) is 22.8. The maximum atomic E-state index is 12.6. The lowest BCUT2D eigenvalue weighted by atomic mass is 9.95. The van der Waals surface area contributed by atoms with E-state index in [2.05, 4.69) is 74.5 Å². The van der Waals surface area contributed by atoms with Crippen molar-refractivity contribution in [1.82, 2.24) is 0 Å². The minimum Gasteiger partial charge on any atom is -0.323 e. The average molecular weight is 745 g/mol. The van der Waals surface area contributed by atoms with Gasteiger partial charge >= 0.3 is 8.25 Å². The third-order valence-electron chi connectivity index (χ3n) is 8.06. The third-order valence-corrected chi connectivity index (χ3v) is 11.4. The van der Waals surface area contributed by atoms with Crippen LogP contribution in [0.1, 0.15) is 62.8 Å². The van der Waals surface area contributed by atoms with Crippen LogP contribution in [0, 0.1) is 0 Å². The molecule has 256 valence electrons. The van der Waals surface area contributed by atoms with Gasteiger partial charge in [0, 0.05) is 45.3 Å². The second-order valence-electron chi connectivity index (χ2n) is 12.8. The van der Waals surface area contributed by atoms with Gasteiger partial charge in [-0.15, -0.1) is 9.05 Å². The van der Waals surface area contributed by atoms with Crippen molar-refractivity contribution in [2.24, 2.45) is 11.5 Å². The van der Waals surface area contributed by atoms with E-state index in [1.165, 1.54) is 20.9 Å². The number of aryl methyl sites for hydroxylation is 4. The molecule has 0 amide bonds. The van der Waals surface area contributed by atoms with Gasteiger partial charge in [0.25, 0.3) is 0 Å². The summed E-state index contributed by atoms with van der Waals surface area (Å²) in [6, 6.07) is 29.3. The van der Waals surface area contributed by atoms with E-state index < -0.39 is 19.3 Å². The molecule has 0 fully saturated rings. The second-order valence-corrected chi connectivity index (χ2v) is 16.9. The van der Waals surface area contributed by atoms with E-state index >= 15 is 0 Å². The topological polar surface area (TPSA) is 87.6 Å². The normalized spacial score (nSPS) is 14.4. The van der Waals surface area contributed by atoms with Gasteiger partial charge in [0.2, 0.25) is 0 Å². The highest BCUT2D eigenvalue weighted by Gasteiger charge is 2.32. The first-order valence-electron chi connectivity index (χ1n) is 16.3. The molecule has 2 atom stereocenters. The summed E-state index contributed by atoms with van der Waals surface area (Å²) in [5, 5.41) is 1.41. The van der Waals surface area contributed by atoms with Crippen LogP contribution in [0.5, 0.6) is 0 Å². The molecular weight excluding hydrogens is 698 g/mol. The number of halogens is 2. The van der Waals surface area contributed by atoms with Crippen LogP contribution in [0.15, 0.2) is 105 Å². The third kappa shape index (κ3) is 12.8. The monoisotopic (exact) mass is 743 g/mol. The fourth-order valence-corrected chi connectivity index (χ4v) is 8.38. The van der Waals surface area contributed by atoms with Gasteiger partial charge in [-0.25, -0.2) is 0 Å². The Morgan fingerprint density at radius 2 is 1.04 bits per heavy atom. The van der Waals surface area contributed by atoms with E-state index in [9.17, 15) is 4.57 Å². The maximum Gasteiger partial charge on any atom is 0.697 e. The van der Waals surface area contributed by atoms with Crippen LogP contribution in [0.2, 0.25) is 10.0 Å². The van der Waals surface area contributed by atoms with Crippen molar-refractivity contribution in [3.05, 3.63) is 117 Å². The lowest BCUT2D eigenvalue weighted by Gasteiger charge is -2.23. The van der Waals surface area contributed by atoms with Gasteiger partial charge in [-0.2, -0.15) is 0 Å². The SMILES string of the molecule is CCc1cccc(Sc2ccc(CCC(C)(N)CO[P+](=O)OCC(C)(N)CCc3ccc(Sc4cccc(CC)c4)cc3Cl)c(Cl)c2)c1. The van der Waals surface area contributed by atoms with Crippen LogP contribution in [0.3, 0.4) is 0 Å². The van der Waals surface area contributed by atoms with Crippen molar-refractivity contribution >= 4 is 55.0 Å². The summed E-state index contributed by atoms with van der Waals surface area (Å²) >= 11 is 16.7. The summed E-state index contributed by atoms with van der Waals surface area (Å²) < 4.78 is 23.7. The van der Waals surface area contributed by atoms with E-state index in [0.717, 1.165) is 33.8 Å². The number of hydrogen-bond acceptors (Lipinski definition) is 7. The summed E-state index contributed by atoms with van der Waals surface area (Å²) in [4.78, 5) is 4.55. The van der Waals surface area contributed by atoms with Crippen molar-refractivity contribution < 1.29 is 13.6 Å². The summed E-state index contributed by atoms with van der Waals surface area (Å²) in [6.07, 6.45) is 4.53. The van der Waals surface area contributed by atoms with Crippen molar-refractivity contribution in [3.8, 4) is 0 Å². The molecular formula is C38H46Cl2N2O3PS2+. The van der Waals surface area contributed by atoms with Gasteiger partial charge in [0.15, 0.2) is 0 Å². The van der Waals surface area contributed by atoms with Crippen LogP contribution >= 0.6 is 55.0 Å². The van der Waals surface area contributed by atoms with Crippen LogP contribution in [0.4, 0.5) is 0 Å². The fraction of sp³-hybridized carbons (Fsp3) is 0.368. The molecule has 0 heterocycles. The molecule has 0 bridgehead atoms. The molecule has 0 saturated heterocycles. The largest absolute Gasteiger partial charge is 0.697 e. The molecule has 48 heavy (non-hydrogen) atoms. The molecule has 0 aliphatic heterocycles. The van der Waals surface area contributed by atoms with E-state index in [0.29, 0.717) is 35.7 Å². The van der Waals surface area contributed by atoms with Crippen molar-refractivity contribution in [2.75, 3.05) is 13.2 Å². The Labute approximate surface area is 305 Å². The fourth-order valence-electron chi connectivity index (χ4n) is 4.94. The van der Waals surface area contributed by atoms with Crippen LogP contribution in [-0.4, -0.2) is 24.3 Å². The number of benzene rings is 4. The van der Waals surface area contributed by atoms with Crippen LogP contribution < -0.4 is 11.5 Å². The van der Waals surface area contributed by atoms with Crippen molar-refractivity contribution in [2.45, 2.75) is 96.9 Å².